The Bertz CT molecular complexity index is 1470. The molecule has 0 bridgehead atoms. The van der Waals surface area contributed by atoms with Gasteiger partial charge in [0.25, 0.3) is 5.69 Å². The molecule has 0 radical (unpaired) electrons. The monoisotopic (exact) mass is 488 g/mol. The number of aromatic nitrogens is 2. The van der Waals surface area contributed by atoms with Gasteiger partial charge >= 0.3 is 0 Å². The van der Waals surface area contributed by atoms with E-state index in [-0.39, 0.29) is 12.3 Å². The molecule has 0 aliphatic heterocycles. The van der Waals surface area contributed by atoms with Crippen LogP contribution in [0.15, 0.2) is 54.6 Å². The summed E-state index contributed by atoms with van der Waals surface area (Å²) in [7, 11) is 0. The molecule has 8 nitrogen and oxygen atoms in total. The molecule has 0 spiro atoms. The van der Waals surface area contributed by atoms with E-state index in [0.717, 1.165) is 22.2 Å². The predicted octanol–water partition coefficient (Wildman–Crippen LogP) is 6.47. The number of halogens is 1. The number of aromatic amines is 1. The van der Waals surface area contributed by atoms with Gasteiger partial charge in [-0.05, 0) is 73.0 Å². The molecule has 4 rings (SSSR count). The van der Waals surface area contributed by atoms with Crippen LogP contribution in [0.1, 0.15) is 29.4 Å². The van der Waals surface area contributed by atoms with Gasteiger partial charge in [0.15, 0.2) is 11.5 Å². The van der Waals surface area contributed by atoms with Crippen molar-refractivity contribution in [1.29, 1.82) is 5.26 Å². The molecule has 0 aliphatic carbocycles. The number of hydrogen-bond donors (Lipinski definition) is 1. The van der Waals surface area contributed by atoms with Crippen LogP contribution in [0.2, 0.25) is 5.02 Å². The van der Waals surface area contributed by atoms with E-state index in [4.69, 9.17) is 21.1 Å². The van der Waals surface area contributed by atoms with Gasteiger partial charge in [0, 0.05) is 12.1 Å². The third-order valence-corrected chi connectivity index (χ3v) is 5.47. The third kappa shape index (κ3) is 5.42. The molecule has 176 valence electrons. The molecule has 4 aromatic rings. The highest BCUT2D eigenvalue weighted by Crippen LogP contribution is 2.38. The summed E-state index contributed by atoms with van der Waals surface area (Å²) < 4.78 is 11.6. The zero-order valence-corrected chi connectivity index (χ0v) is 19.8. The molecule has 9 heteroatoms. The number of imidazole rings is 1. The average Bonchev–Trinajstić information content (AvgIpc) is 3.25. The highest BCUT2D eigenvalue weighted by molar-refractivity contribution is 6.32. The summed E-state index contributed by atoms with van der Waals surface area (Å²) in [6.07, 6.45) is 1.68. The number of aryl methyl sites for hydroxylation is 1. The minimum atomic E-state index is -0.456. The number of H-pyrrole nitrogens is 1. The number of benzene rings is 3. The van der Waals surface area contributed by atoms with Gasteiger partial charge in [0.2, 0.25) is 0 Å². The van der Waals surface area contributed by atoms with Crippen LogP contribution in [0, 0.1) is 28.4 Å². The summed E-state index contributed by atoms with van der Waals surface area (Å²) in [5.41, 5.74) is 4.45. The number of rotatable bonds is 8. The van der Waals surface area contributed by atoms with Crippen LogP contribution in [0.25, 0.3) is 22.7 Å². The van der Waals surface area contributed by atoms with Crippen molar-refractivity contribution < 1.29 is 14.4 Å². The molecule has 0 saturated carbocycles. The van der Waals surface area contributed by atoms with E-state index in [2.05, 4.69) is 16.0 Å². The molecule has 1 aromatic heterocycles. The van der Waals surface area contributed by atoms with E-state index in [0.29, 0.717) is 40.1 Å². The topological polar surface area (TPSA) is 114 Å². The Kier molecular flexibility index (Phi) is 6.99. The second kappa shape index (κ2) is 10.3. The number of fused-ring (bicyclic) bond motifs is 1. The van der Waals surface area contributed by atoms with Crippen molar-refractivity contribution in [2.24, 2.45) is 0 Å². The molecular weight excluding hydrogens is 468 g/mol. The van der Waals surface area contributed by atoms with E-state index in [9.17, 15) is 15.4 Å². The van der Waals surface area contributed by atoms with Crippen molar-refractivity contribution in [2.45, 2.75) is 20.5 Å². The number of non-ortho nitro benzene ring substituents is 1. The largest absolute Gasteiger partial charge is 0.490 e. The SMILES string of the molecule is CCOc1cc(C=C(C#N)c2nc3ccc(C)cc3[nH]2)cc(Cl)c1OCc1ccc([N+](=O)[O-])cc1. The fourth-order valence-electron chi connectivity index (χ4n) is 3.51. The highest BCUT2D eigenvalue weighted by atomic mass is 35.5. The van der Waals surface area contributed by atoms with Crippen molar-refractivity contribution in [3.05, 3.63) is 92.2 Å². The quantitative estimate of drug-likeness (QED) is 0.172. The Labute approximate surface area is 206 Å². The molecule has 1 heterocycles. The third-order valence-electron chi connectivity index (χ3n) is 5.19. The molecule has 35 heavy (non-hydrogen) atoms. The Morgan fingerprint density at radius 1 is 1.20 bits per heavy atom. The van der Waals surface area contributed by atoms with Gasteiger partial charge in [0.05, 0.1) is 33.2 Å². The first-order valence-corrected chi connectivity index (χ1v) is 11.2. The maximum absolute atomic E-state index is 10.8. The first-order valence-electron chi connectivity index (χ1n) is 10.8. The van der Waals surface area contributed by atoms with Crippen LogP contribution in [0.4, 0.5) is 5.69 Å². The van der Waals surface area contributed by atoms with Crippen LogP contribution in [-0.2, 0) is 6.61 Å². The van der Waals surface area contributed by atoms with Gasteiger partial charge < -0.3 is 14.5 Å². The standard InChI is InChI=1S/C26H21ClN4O4/c1-3-34-24-13-18(11-19(14-28)26-29-22-9-4-16(2)10-23(22)30-26)12-21(27)25(24)35-15-17-5-7-20(8-6-17)31(32)33/h4-13H,3,15H2,1-2H3,(H,29,30). The van der Waals surface area contributed by atoms with Crippen LogP contribution >= 0.6 is 11.6 Å². The van der Waals surface area contributed by atoms with Crippen LogP contribution in [-0.4, -0.2) is 21.5 Å². The maximum Gasteiger partial charge on any atom is 0.269 e. The number of allylic oxidation sites excluding steroid dienone is 1. The highest BCUT2D eigenvalue weighted by Gasteiger charge is 2.15. The summed E-state index contributed by atoms with van der Waals surface area (Å²) >= 11 is 6.53. The fraction of sp³-hybridized carbons (Fsp3) is 0.154. The van der Waals surface area contributed by atoms with Gasteiger partial charge in [0.1, 0.15) is 18.5 Å². The molecule has 0 unspecified atom stereocenters. The summed E-state index contributed by atoms with van der Waals surface area (Å²) in [6.45, 7) is 4.36. The van der Waals surface area contributed by atoms with Gasteiger partial charge in [-0.1, -0.05) is 17.7 Å². The summed E-state index contributed by atoms with van der Waals surface area (Å²) in [5, 5.41) is 20.9. The average molecular weight is 489 g/mol. The van der Waals surface area contributed by atoms with E-state index < -0.39 is 4.92 Å². The zero-order valence-electron chi connectivity index (χ0n) is 19.0. The number of ether oxygens (including phenoxy) is 2. The number of nitrogens with one attached hydrogen (secondary N) is 1. The minimum absolute atomic E-state index is 0.00538. The molecule has 0 aliphatic rings. The van der Waals surface area contributed by atoms with E-state index in [1.54, 1.807) is 30.3 Å². The van der Waals surface area contributed by atoms with Crippen molar-refractivity contribution >= 4 is 40.0 Å². The predicted molar refractivity (Wildman–Crippen MR) is 134 cm³/mol. The van der Waals surface area contributed by atoms with Crippen molar-refractivity contribution in [1.82, 2.24) is 9.97 Å². The number of nitriles is 1. The lowest BCUT2D eigenvalue weighted by atomic mass is 10.1. The number of nitrogens with zero attached hydrogens (tertiary/aromatic N) is 3. The molecule has 3 aromatic carbocycles. The Morgan fingerprint density at radius 2 is 1.97 bits per heavy atom. The van der Waals surface area contributed by atoms with Crippen LogP contribution < -0.4 is 9.47 Å². The van der Waals surface area contributed by atoms with Crippen molar-refractivity contribution in [3.8, 4) is 17.6 Å². The first kappa shape index (κ1) is 23.8. The number of nitro benzene ring substituents is 1. The zero-order chi connectivity index (χ0) is 24.9. The second-order valence-corrected chi connectivity index (χ2v) is 8.16. The molecule has 0 fully saturated rings. The molecule has 0 amide bonds. The van der Waals surface area contributed by atoms with Crippen LogP contribution in [0.3, 0.4) is 0 Å². The summed E-state index contributed by atoms with van der Waals surface area (Å²) in [5.74, 6) is 1.23. The van der Waals surface area contributed by atoms with Gasteiger partial charge in [-0.2, -0.15) is 5.26 Å². The van der Waals surface area contributed by atoms with E-state index in [1.807, 2.05) is 32.0 Å². The molecule has 0 saturated heterocycles. The number of hydrogen-bond acceptors (Lipinski definition) is 6. The molecule has 1 N–H and O–H groups in total. The van der Waals surface area contributed by atoms with E-state index in [1.165, 1.54) is 12.1 Å². The molecule has 0 atom stereocenters. The van der Waals surface area contributed by atoms with Gasteiger partial charge in [-0.25, -0.2) is 4.98 Å². The smallest absolute Gasteiger partial charge is 0.269 e. The van der Waals surface area contributed by atoms with Gasteiger partial charge in [-0.3, -0.25) is 10.1 Å². The van der Waals surface area contributed by atoms with Crippen molar-refractivity contribution in [2.75, 3.05) is 6.61 Å². The maximum atomic E-state index is 10.8. The number of nitro groups is 1. The minimum Gasteiger partial charge on any atom is -0.490 e. The van der Waals surface area contributed by atoms with Gasteiger partial charge in [-0.15, -0.1) is 0 Å². The molecular formula is C26H21ClN4O4. The first-order chi connectivity index (χ1) is 16.9. The second-order valence-electron chi connectivity index (χ2n) is 7.75. The lowest BCUT2D eigenvalue weighted by Crippen LogP contribution is -2.01. The lowest BCUT2D eigenvalue weighted by Gasteiger charge is -2.14. The summed E-state index contributed by atoms with van der Waals surface area (Å²) in [4.78, 5) is 18.1. The Morgan fingerprint density at radius 3 is 2.66 bits per heavy atom. The normalized spacial score (nSPS) is 11.3. The Balaban J connectivity index is 1.62. The van der Waals surface area contributed by atoms with Crippen molar-refractivity contribution in [3.63, 3.8) is 0 Å². The fourth-order valence-corrected chi connectivity index (χ4v) is 3.79. The lowest BCUT2D eigenvalue weighted by molar-refractivity contribution is -0.384. The Hall–Kier alpha value is -4.35. The summed E-state index contributed by atoms with van der Waals surface area (Å²) in [6, 6.07) is 17.5. The van der Waals surface area contributed by atoms with Crippen LogP contribution in [0.5, 0.6) is 11.5 Å². The van der Waals surface area contributed by atoms with E-state index >= 15 is 0 Å².